The molecule has 0 amide bonds. The number of carboxylic acid groups (broad SMARTS) is 1. The van der Waals surface area contributed by atoms with E-state index in [1.807, 2.05) is 0 Å². The smallest absolute Gasteiger partial charge is 0.339 e. The second-order valence-electron chi connectivity index (χ2n) is 4.83. The molecule has 0 saturated heterocycles. The SMILES string of the molecule is O=C(O)c1c(CCCCCCCCF)ccc(O)c1O. The van der Waals surface area contributed by atoms with Crippen molar-refractivity contribution in [1.82, 2.24) is 0 Å². The first-order chi connectivity index (χ1) is 9.57. The molecule has 1 aromatic carbocycles. The van der Waals surface area contributed by atoms with Crippen LogP contribution in [-0.4, -0.2) is 28.0 Å². The first-order valence-corrected chi connectivity index (χ1v) is 6.91. The number of hydrogen-bond donors (Lipinski definition) is 3. The molecule has 112 valence electrons. The van der Waals surface area contributed by atoms with Crippen LogP contribution in [0.25, 0.3) is 0 Å². The third kappa shape index (κ3) is 4.72. The standard InChI is InChI=1S/C15H21FO4/c16-10-6-4-2-1-3-5-7-11-8-9-12(17)14(18)13(11)15(19)20/h8-9,17-18H,1-7,10H2,(H,19,20). The van der Waals surface area contributed by atoms with Crippen LogP contribution in [0.4, 0.5) is 4.39 Å². The van der Waals surface area contributed by atoms with E-state index < -0.39 is 17.5 Å². The molecule has 0 aliphatic heterocycles. The minimum Gasteiger partial charge on any atom is -0.504 e. The van der Waals surface area contributed by atoms with Gasteiger partial charge in [-0.15, -0.1) is 0 Å². The van der Waals surface area contributed by atoms with Crippen molar-refractivity contribution in [2.75, 3.05) is 6.67 Å². The Bertz CT molecular complexity index is 446. The van der Waals surface area contributed by atoms with Crippen LogP contribution in [0.15, 0.2) is 12.1 Å². The Balaban J connectivity index is 2.48. The van der Waals surface area contributed by atoms with Gasteiger partial charge in [0.15, 0.2) is 11.5 Å². The molecule has 0 aliphatic carbocycles. The Kier molecular flexibility index (Phi) is 6.84. The van der Waals surface area contributed by atoms with Crippen molar-refractivity contribution in [3.05, 3.63) is 23.3 Å². The fraction of sp³-hybridized carbons (Fsp3) is 0.533. The number of carboxylic acids is 1. The second-order valence-corrected chi connectivity index (χ2v) is 4.83. The maximum atomic E-state index is 11.9. The molecule has 5 heteroatoms. The van der Waals surface area contributed by atoms with Crippen molar-refractivity contribution in [3.8, 4) is 11.5 Å². The van der Waals surface area contributed by atoms with E-state index in [1.54, 1.807) is 0 Å². The number of carbonyl (C=O) groups is 1. The third-order valence-corrected chi connectivity index (χ3v) is 3.29. The van der Waals surface area contributed by atoms with Gasteiger partial charge in [0.1, 0.15) is 5.56 Å². The average molecular weight is 284 g/mol. The Morgan fingerprint density at radius 3 is 2.20 bits per heavy atom. The van der Waals surface area contributed by atoms with Gasteiger partial charge >= 0.3 is 5.97 Å². The van der Waals surface area contributed by atoms with Gasteiger partial charge in [0.2, 0.25) is 0 Å². The van der Waals surface area contributed by atoms with E-state index in [4.69, 9.17) is 5.11 Å². The van der Waals surface area contributed by atoms with E-state index in [0.29, 0.717) is 18.4 Å². The van der Waals surface area contributed by atoms with Crippen molar-refractivity contribution >= 4 is 5.97 Å². The summed E-state index contributed by atoms with van der Waals surface area (Å²) >= 11 is 0. The number of hydrogen-bond acceptors (Lipinski definition) is 3. The maximum absolute atomic E-state index is 11.9. The highest BCUT2D eigenvalue weighted by molar-refractivity contribution is 5.93. The number of alkyl halides is 1. The van der Waals surface area contributed by atoms with Gasteiger partial charge in [-0.1, -0.05) is 31.7 Å². The molecular formula is C15H21FO4. The molecule has 20 heavy (non-hydrogen) atoms. The Morgan fingerprint density at radius 1 is 1.00 bits per heavy atom. The molecule has 0 saturated carbocycles. The molecule has 0 aromatic heterocycles. The Hall–Kier alpha value is -1.78. The van der Waals surface area contributed by atoms with Crippen molar-refractivity contribution in [2.45, 2.75) is 44.9 Å². The van der Waals surface area contributed by atoms with E-state index in [-0.39, 0.29) is 12.2 Å². The van der Waals surface area contributed by atoms with Crippen LogP contribution in [0.3, 0.4) is 0 Å². The minimum absolute atomic E-state index is 0.220. The molecule has 0 spiro atoms. The molecule has 0 atom stereocenters. The number of phenols is 2. The molecule has 0 unspecified atom stereocenters. The van der Waals surface area contributed by atoms with Gasteiger partial charge in [-0.2, -0.15) is 0 Å². The fourth-order valence-electron chi connectivity index (χ4n) is 2.19. The van der Waals surface area contributed by atoms with Crippen LogP contribution < -0.4 is 0 Å². The number of rotatable bonds is 9. The van der Waals surface area contributed by atoms with Gasteiger partial charge in [-0.25, -0.2) is 4.79 Å². The summed E-state index contributed by atoms with van der Waals surface area (Å²) in [4.78, 5) is 11.1. The summed E-state index contributed by atoms with van der Waals surface area (Å²) in [5.41, 5.74) is 0.305. The maximum Gasteiger partial charge on any atom is 0.339 e. The molecule has 1 aromatic rings. The summed E-state index contributed by atoms with van der Waals surface area (Å²) in [5.74, 6) is -2.23. The number of unbranched alkanes of at least 4 members (excludes halogenated alkanes) is 5. The molecule has 3 N–H and O–H groups in total. The molecule has 0 aliphatic rings. The van der Waals surface area contributed by atoms with Crippen LogP contribution in [0, 0.1) is 0 Å². The molecule has 1 rings (SSSR count). The summed E-state index contributed by atoms with van der Waals surface area (Å²) in [6.45, 7) is -0.269. The zero-order chi connectivity index (χ0) is 15.0. The Morgan fingerprint density at radius 2 is 1.60 bits per heavy atom. The number of aromatic hydroxyl groups is 2. The lowest BCUT2D eigenvalue weighted by atomic mass is 9.99. The number of benzene rings is 1. The lowest BCUT2D eigenvalue weighted by Crippen LogP contribution is -2.03. The molecule has 4 nitrogen and oxygen atoms in total. The molecule has 0 fully saturated rings. The van der Waals surface area contributed by atoms with Gasteiger partial charge in [0.25, 0.3) is 0 Å². The van der Waals surface area contributed by atoms with Gasteiger partial charge in [-0.3, -0.25) is 4.39 Å². The highest BCUT2D eigenvalue weighted by Gasteiger charge is 2.18. The molecule has 0 radical (unpaired) electrons. The van der Waals surface area contributed by atoms with Crippen LogP contribution in [-0.2, 0) is 6.42 Å². The quantitative estimate of drug-likeness (QED) is 0.478. The highest BCUT2D eigenvalue weighted by atomic mass is 19.1. The summed E-state index contributed by atoms with van der Waals surface area (Å²) in [5, 5.41) is 28.0. The van der Waals surface area contributed by atoms with Crippen molar-refractivity contribution in [3.63, 3.8) is 0 Å². The summed E-state index contributed by atoms with van der Waals surface area (Å²) < 4.78 is 11.9. The second kappa shape index (κ2) is 8.40. The number of aryl methyl sites for hydroxylation is 1. The molecular weight excluding hydrogens is 263 g/mol. The van der Waals surface area contributed by atoms with Gasteiger partial charge < -0.3 is 15.3 Å². The fourth-order valence-corrected chi connectivity index (χ4v) is 2.19. The highest BCUT2D eigenvalue weighted by Crippen LogP contribution is 2.32. The van der Waals surface area contributed by atoms with Gasteiger partial charge in [0.05, 0.1) is 6.67 Å². The zero-order valence-corrected chi connectivity index (χ0v) is 11.4. The summed E-state index contributed by atoms with van der Waals surface area (Å²) in [6.07, 6.45) is 5.75. The lowest BCUT2D eigenvalue weighted by molar-refractivity contribution is 0.0691. The first kappa shape index (κ1) is 16.3. The zero-order valence-electron chi connectivity index (χ0n) is 11.4. The van der Waals surface area contributed by atoms with E-state index in [0.717, 1.165) is 32.1 Å². The molecule has 0 bridgehead atoms. The molecule has 0 heterocycles. The predicted molar refractivity (Wildman–Crippen MR) is 74.1 cm³/mol. The van der Waals surface area contributed by atoms with Crippen LogP contribution >= 0.6 is 0 Å². The van der Waals surface area contributed by atoms with Crippen LogP contribution in [0.1, 0.15) is 54.4 Å². The first-order valence-electron chi connectivity index (χ1n) is 6.91. The van der Waals surface area contributed by atoms with Crippen LogP contribution in [0.2, 0.25) is 0 Å². The van der Waals surface area contributed by atoms with Gasteiger partial charge in [0, 0.05) is 0 Å². The van der Waals surface area contributed by atoms with E-state index in [9.17, 15) is 19.4 Å². The third-order valence-electron chi connectivity index (χ3n) is 3.29. The average Bonchev–Trinajstić information content (AvgIpc) is 2.41. The number of phenolic OH excluding ortho intramolecular Hbond substituents is 1. The number of halogens is 1. The predicted octanol–water partition coefficient (Wildman–Crippen LogP) is 3.65. The van der Waals surface area contributed by atoms with Crippen molar-refractivity contribution < 1.29 is 24.5 Å². The topological polar surface area (TPSA) is 77.8 Å². The van der Waals surface area contributed by atoms with Gasteiger partial charge in [-0.05, 0) is 30.9 Å². The minimum atomic E-state index is -1.24. The van der Waals surface area contributed by atoms with E-state index in [1.165, 1.54) is 12.1 Å². The van der Waals surface area contributed by atoms with Crippen molar-refractivity contribution in [2.24, 2.45) is 0 Å². The Labute approximate surface area is 117 Å². The lowest BCUT2D eigenvalue weighted by Gasteiger charge is -2.09. The normalized spacial score (nSPS) is 10.7. The van der Waals surface area contributed by atoms with E-state index in [2.05, 4.69) is 0 Å². The summed E-state index contributed by atoms with van der Waals surface area (Å²) in [7, 11) is 0. The number of aromatic carboxylic acids is 1. The monoisotopic (exact) mass is 284 g/mol. The summed E-state index contributed by atoms with van der Waals surface area (Å²) in [6, 6.07) is 2.83. The van der Waals surface area contributed by atoms with E-state index >= 15 is 0 Å². The van der Waals surface area contributed by atoms with Crippen molar-refractivity contribution in [1.29, 1.82) is 0 Å². The largest absolute Gasteiger partial charge is 0.504 e. The van der Waals surface area contributed by atoms with Crippen LogP contribution in [0.5, 0.6) is 11.5 Å².